The van der Waals surface area contributed by atoms with Crippen molar-refractivity contribution in [3.05, 3.63) is 59.2 Å². The molecule has 20 heavy (non-hydrogen) atoms. The molecular formula is C16H16N2OS. The average Bonchev–Trinajstić information content (AvgIpc) is 2.87. The molecule has 2 aromatic carbocycles. The SMILES string of the molecule is CSc1ccc(CNc2ccc3c(c2)C(=O)NC3)cc1. The predicted octanol–water partition coefficient (Wildman–Crippen LogP) is 3.26. The Balaban J connectivity index is 1.69. The molecule has 0 atom stereocenters. The van der Waals surface area contributed by atoms with E-state index in [1.165, 1.54) is 10.5 Å². The Kier molecular flexibility index (Phi) is 3.65. The fourth-order valence-corrected chi connectivity index (χ4v) is 2.68. The lowest BCUT2D eigenvalue weighted by molar-refractivity contribution is 0.0966. The third-order valence-electron chi connectivity index (χ3n) is 3.45. The molecule has 3 nitrogen and oxygen atoms in total. The van der Waals surface area contributed by atoms with Gasteiger partial charge in [0.05, 0.1) is 0 Å². The van der Waals surface area contributed by atoms with Crippen molar-refractivity contribution in [2.24, 2.45) is 0 Å². The maximum Gasteiger partial charge on any atom is 0.251 e. The molecule has 0 radical (unpaired) electrons. The number of hydrogen-bond acceptors (Lipinski definition) is 3. The van der Waals surface area contributed by atoms with Crippen LogP contribution >= 0.6 is 11.8 Å². The normalized spacial score (nSPS) is 12.9. The number of hydrogen-bond donors (Lipinski definition) is 2. The number of amides is 1. The van der Waals surface area contributed by atoms with Crippen LogP contribution in [0.15, 0.2) is 47.4 Å². The van der Waals surface area contributed by atoms with Crippen LogP contribution in [0.4, 0.5) is 5.69 Å². The zero-order chi connectivity index (χ0) is 13.9. The van der Waals surface area contributed by atoms with E-state index in [4.69, 9.17) is 0 Å². The summed E-state index contributed by atoms with van der Waals surface area (Å²) in [4.78, 5) is 12.9. The minimum absolute atomic E-state index is 0.0213. The van der Waals surface area contributed by atoms with Crippen molar-refractivity contribution in [1.29, 1.82) is 0 Å². The Morgan fingerprint density at radius 3 is 2.75 bits per heavy atom. The summed E-state index contributed by atoms with van der Waals surface area (Å²) in [5, 5.41) is 6.19. The summed E-state index contributed by atoms with van der Waals surface area (Å²) in [5.41, 5.74) is 4.07. The van der Waals surface area contributed by atoms with Gasteiger partial charge >= 0.3 is 0 Å². The highest BCUT2D eigenvalue weighted by Crippen LogP contribution is 2.21. The molecule has 1 aliphatic heterocycles. The van der Waals surface area contributed by atoms with Gasteiger partial charge in [-0.15, -0.1) is 11.8 Å². The van der Waals surface area contributed by atoms with Crippen molar-refractivity contribution in [1.82, 2.24) is 5.32 Å². The second-order valence-electron chi connectivity index (χ2n) is 4.76. The number of benzene rings is 2. The smallest absolute Gasteiger partial charge is 0.251 e. The summed E-state index contributed by atoms with van der Waals surface area (Å²) in [6, 6.07) is 14.4. The van der Waals surface area contributed by atoms with Crippen LogP contribution in [0.5, 0.6) is 0 Å². The molecule has 0 aromatic heterocycles. The topological polar surface area (TPSA) is 41.1 Å². The zero-order valence-corrected chi connectivity index (χ0v) is 12.1. The van der Waals surface area contributed by atoms with Gasteiger partial charge in [-0.25, -0.2) is 0 Å². The second kappa shape index (κ2) is 5.59. The van der Waals surface area contributed by atoms with Gasteiger partial charge in [-0.3, -0.25) is 4.79 Å². The molecule has 0 fully saturated rings. The molecule has 0 saturated heterocycles. The van der Waals surface area contributed by atoms with E-state index >= 15 is 0 Å². The standard InChI is InChI=1S/C16H16N2OS/c1-20-14-6-2-11(3-7-14)9-17-13-5-4-12-10-18-16(19)15(12)8-13/h2-8,17H,9-10H2,1H3,(H,18,19). The van der Waals surface area contributed by atoms with Crippen LogP contribution in [0, 0.1) is 0 Å². The quantitative estimate of drug-likeness (QED) is 0.847. The Bertz CT molecular complexity index is 637. The number of rotatable bonds is 4. The number of carbonyl (C=O) groups is 1. The largest absolute Gasteiger partial charge is 0.381 e. The first-order valence-corrected chi connectivity index (χ1v) is 7.76. The molecule has 0 bridgehead atoms. The molecular weight excluding hydrogens is 268 g/mol. The Morgan fingerprint density at radius 2 is 2.00 bits per heavy atom. The first-order valence-electron chi connectivity index (χ1n) is 6.54. The minimum Gasteiger partial charge on any atom is -0.381 e. The summed E-state index contributed by atoms with van der Waals surface area (Å²) in [6.07, 6.45) is 2.07. The van der Waals surface area contributed by atoms with Gasteiger partial charge in [0.25, 0.3) is 5.91 Å². The highest BCUT2D eigenvalue weighted by Gasteiger charge is 2.18. The first-order chi connectivity index (χ1) is 9.76. The number of fused-ring (bicyclic) bond motifs is 1. The maximum absolute atomic E-state index is 11.6. The summed E-state index contributed by atoms with van der Waals surface area (Å²) >= 11 is 1.74. The predicted molar refractivity (Wildman–Crippen MR) is 83.2 cm³/mol. The highest BCUT2D eigenvalue weighted by atomic mass is 32.2. The lowest BCUT2D eigenvalue weighted by atomic mass is 10.1. The molecule has 2 aromatic rings. The van der Waals surface area contributed by atoms with Crippen molar-refractivity contribution in [3.63, 3.8) is 0 Å². The fourth-order valence-electron chi connectivity index (χ4n) is 2.27. The average molecular weight is 284 g/mol. The van der Waals surface area contributed by atoms with Crippen molar-refractivity contribution < 1.29 is 4.79 Å². The van der Waals surface area contributed by atoms with Crippen LogP contribution < -0.4 is 10.6 Å². The van der Waals surface area contributed by atoms with Crippen molar-refractivity contribution in [3.8, 4) is 0 Å². The van der Waals surface area contributed by atoms with Crippen molar-refractivity contribution in [2.75, 3.05) is 11.6 Å². The van der Waals surface area contributed by atoms with Gasteiger partial charge in [0.15, 0.2) is 0 Å². The van der Waals surface area contributed by atoms with Crippen LogP contribution in [0.3, 0.4) is 0 Å². The second-order valence-corrected chi connectivity index (χ2v) is 5.64. The summed E-state index contributed by atoms with van der Waals surface area (Å²) in [6.45, 7) is 1.40. The molecule has 0 aliphatic carbocycles. The first kappa shape index (κ1) is 13.1. The van der Waals surface area contributed by atoms with E-state index in [2.05, 4.69) is 41.2 Å². The van der Waals surface area contributed by atoms with E-state index in [0.717, 1.165) is 23.4 Å². The van der Waals surface area contributed by atoms with Crippen molar-refractivity contribution >= 4 is 23.4 Å². The van der Waals surface area contributed by atoms with Crippen LogP contribution in [0.1, 0.15) is 21.5 Å². The van der Waals surface area contributed by atoms with Gasteiger partial charge in [-0.2, -0.15) is 0 Å². The van der Waals surface area contributed by atoms with Crippen LogP contribution in [0.2, 0.25) is 0 Å². The summed E-state index contributed by atoms with van der Waals surface area (Å²) in [7, 11) is 0. The number of thioether (sulfide) groups is 1. The van der Waals surface area contributed by atoms with Crippen LogP contribution in [-0.4, -0.2) is 12.2 Å². The van der Waals surface area contributed by atoms with E-state index in [0.29, 0.717) is 6.54 Å². The molecule has 2 N–H and O–H groups in total. The molecule has 1 aliphatic rings. The van der Waals surface area contributed by atoms with Crippen molar-refractivity contribution in [2.45, 2.75) is 18.0 Å². The van der Waals surface area contributed by atoms with E-state index in [1.54, 1.807) is 11.8 Å². The van der Waals surface area contributed by atoms with Gasteiger partial charge in [-0.05, 0) is 41.6 Å². The molecule has 1 heterocycles. The highest BCUT2D eigenvalue weighted by molar-refractivity contribution is 7.98. The molecule has 0 spiro atoms. The van der Waals surface area contributed by atoms with Gasteiger partial charge in [0.1, 0.15) is 0 Å². The molecule has 0 unspecified atom stereocenters. The Labute approximate surface area is 122 Å². The Hall–Kier alpha value is -1.94. The molecule has 0 saturated carbocycles. The fraction of sp³-hybridized carbons (Fsp3) is 0.188. The monoisotopic (exact) mass is 284 g/mol. The zero-order valence-electron chi connectivity index (χ0n) is 11.3. The third-order valence-corrected chi connectivity index (χ3v) is 4.19. The maximum atomic E-state index is 11.6. The van der Waals surface area contributed by atoms with E-state index in [-0.39, 0.29) is 5.91 Å². The molecule has 3 rings (SSSR count). The molecule has 1 amide bonds. The van der Waals surface area contributed by atoms with Gasteiger partial charge in [0, 0.05) is 29.2 Å². The Morgan fingerprint density at radius 1 is 1.20 bits per heavy atom. The van der Waals surface area contributed by atoms with Crippen LogP contribution in [-0.2, 0) is 13.1 Å². The van der Waals surface area contributed by atoms with Crippen LogP contribution in [0.25, 0.3) is 0 Å². The third kappa shape index (κ3) is 2.65. The molecule has 4 heteroatoms. The minimum atomic E-state index is 0.0213. The lowest BCUT2D eigenvalue weighted by Crippen LogP contribution is -2.12. The van der Waals surface area contributed by atoms with E-state index < -0.39 is 0 Å². The summed E-state index contributed by atoms with van der Waals surface area (Å²) < 4.78 is 0. The summed E-state index contributed by atoms with van der Waals surface area (Å²) in [5.74, 6) is 0.0213. The molecule has 102 valence electrons. The van der Waals surface area contributed by atoms with E-state index in [1.807, 2.05) is 18.2 Å². The number of anilines is 1. The number of carbonyl (C=O) groups excluding carboxylic acids is 1. The van der Waals surface area contributed by atoms with Gasteiger partial charge in [0.2, 0.25) is 0 Å². The van der Waals surface area contributed by atoms with Gasteiger partial charge < -0.3 is 10.6 Å². The van der Waals surface area contributed by atoms with E-state index in [9.17, 15) is 4.79 Å². The number of nitrogens with one attached hydrogen (secondary N) is 2. The lowest BCUT2D eigenvalue weighted by Gasteiger charge is -2.08. The van der Waals surface area contributed by atoms with Gasteiger partial charge in [-0.1, -0.05) is 18.2 Å².